The highest BCUT2D eigenvalue weighted by molar-refractivity contribution is 5.27. The third-order valence-corrected chi connectivity index (χ3v) is 3.48. The number of aliphatic hydroxyl groups is 1. The molecule has 2 rings (SSSR count). The number of aliphatic hydroxyl groups excluding tert-OH is 1. The number of nitrogens with one attached hydrogen (secondary N) is 1. The van der Waals surface area contributed by atoms with E-state index < -0.39 is 0 Å². The van der Waals surface area contributed by atoms with Crippen LogP contribution in [0.3, 0.4) is 0 Å². The first-order chi connectivity index (χ1) is 8.28. The molecule has 5 nitrogen and oxygen atoms in total. The summed E-state index contributed by atoms with van der Waals surface area (Å²) < 4.78 is 5.00. The van der Waals surface area contributed by atoms with Crippen molar-refractivity contribution in [2.45, 2.75) is 25.7 Å². The fraction of sp³-hybridized carbons (Fsp3) is 0.667. The van der Waals surface area contributed by atoms with Crippen molar-refractivity contribution in [2.75, 3.05) is 25.6 Å². The molecule has 1 fully saturated rings. The summed E-state index contributed by atoms with van der Waals surface area (Å²) in [6.07, 6.45) is 7.82. The molecule has 94 valence electrons. The van der Waals surface area contributed by atoms with Gasteiger partial charge in [-0.2, -0.15) is 0 Å². The summed E-state index contributed by atoms with van der Waals surface area (Å²) in [7, 11) is 1.59. The van der Waals surface area contributed by atoms with Crippen LogP contribution in [0, 0.1) is 5.41 Å². The standard InChI is InChI=1S/C12H19N3O2/c1-17-10-6-13-11(14-7-10)15-8-12(9-16)4-2-3-5-12/h6-7,16H,2-5,8-9H2,1H3,(H,13,14,15). The summed E-state index contributed by atoms with van der Waals surface area (Å²) in [5.41, 5.74) is 0.0172. The van der Waals surface area contributed by atoms with Crippen molar-refractivity contribution in [3.05, 3.63) is 12.4 Å². The lowest BCUT2D eigenvalue weighted by atomic mass is 9.87. The second kappa shape index (κ2) is 5.31. The van der Waals surface area contributed by atoms with Crippen molar-refractivity contribution < 1.29 is 9.84 Å². The quantitative estimate of drug-likeness (QED) is 0.811. The van der Waals surface area contributed by atoms with Crippen molar-refractivity contribution >= 4 is 5.95 Å². The highest BCUT2D eigenvalue weighted by Gasteiger charge is 2.33. The van der Waals surface area contributed by atoms with Crippen LogP contribution < -0.4 is 10.1 Å². The molecule has 0 amide bonds. The van der Waals surface area contributed by atoms with Gasteiger partial charge in [-0.05, 0) is 12.8 Å². The van der Waals surface area contributed by atoms with Crippen molar-refractivity contribution in [3.8, 4) is 5.75 Å². The SMILES string of the molecule is COc1cnc(NCC2(CO)CCCC2)nc1. The topological polar surface area (TPSA) is 67.3 Å². The Morgan fingerprint density at radius 1 is 1.35 bits per heavy atom. The number of aromatic nitrogens is 2. The lowest BCUT2D eigenvalue weighted by molar-refractivity contribution is 0.142. The van der Waals surface area contributed by atoms with E-state index in [1.165, 1.54) is 12.8 Å². The van der Waals surface area contributed by atoms with E-state index in [1.54, 1.807) is 19.5 Å². The molecular formula is C12H19N3O2. The molecule has 17 heavy (non-hydrogen) atoms. The Morgan fingerprint density at radius 3 is 2.53 bits per heavy atom. The van der Waals surface area contributed by atoms with Gasteiger partial charge in [0.25, 0.3) is 0 Å². The van der Waals surface area contributed by atoms with E-state index in [0.29, 0.717) is 11.7 Å². The van der Waals surface area contributed by atoms with E-state index in [1.807, 2.05) is 0 Å². The van der Waals surface area contributed by atoms with Gasteiger partial charge < -0.3 is 15.2 Å². The van der Waals surface area contributed by atoms with Crippen LogP contribution in [0.1, 0.15) is 25.7 Å². The molecule has 0 radical (unpaired) electrons. The van der Waals surface area contributed by atoms with Crippen LogP contribution in [0.2, 0.25) is 0 Å². The summed E-state index contributed by atoms with van der Waals surface area (Å²) >= 11 is 0. The number of hydrogen-bond acceptors (Lipinski definition) is 5. The molecule has 0 unspecified atom stereocenters. The molecule has 2 N–H and O–H groups in total. The number of rotatable bonds is 5. The third-order valence-electron chi connectivity index (χ3n) is 3.48. The second-order valence-electron chi connectivity index (χ2n) is 4.67. The van der Waals surface area contributed by atoms with E-state index in [2.05, 4.69) is 15.3 Å². The lowest BCUT2D eigenvalue weighted by Gasteiger charge is -2.26. The summed E-state index contributed by atoms with van der Waals surface area (Å²) in [5, 5.41) is 12.7. The smallest absolute Gasteiger partial charge is 0.222 e. The average molecular weight is 237 g/mol. The molecule has 1 aromatic rings. The number of ether oxygens (including phenoxy) is 1. The van der Waals surface area contributed by atoms with Gasteiger partial charge in [-0.1, -0.05) is 12.8 Å². The number of nitrogens with zero attached hydrogens (tertiary/aromatic N) is 2. The molecule has 1 heterocycles. The highest BCUT2D eigenvalue weighted by atomic mass is 16.5. The number of methoxy groups -OCH3 is 1. The van der Waals surface area contributed by atoms with E-state index in [4.69, 9.17) is 4.74 Å². The Bertz CT molecular complexity index is 347. The molecule has 0 aliphatic heterocycles. The molecule has 1 aromatic heterocycles. The van der Waals surface area contributed by atoms with Crippen LogP contribution in [0.25, 0.3) is 0 Å². The first kappa shape index (κ1) is 12.1. The van der Waals surface area contributed by atoms with Crippen LogP contribution in [0.4, 0.5) is 5.95 Å². The van der Waals surface area contributed by atoms with Gasteiger partial charge in [0.05, 0.1) is 26.1 Å². The molecule has 1 aliphatic rings. The van der Waals surface area contributed by atoms with Crippen LogP contribution in [-0.4, -0.2) is 35.3 Å². The maximum absolute atomic E-state index is 9.48. The summed E-state index contributed by atoms with van der Waals surface area (Å²) in [5.74, 6) is 1.24. The van der Waals surface area contributed by atoms with E-state index in [-0.39, 0.29) is 12.0 Å². The predicted octanol–water partition coefficient (Wildman–Crippen LogP) is 1.45. The fourth-order valence-corrected chi connectivity index (χ4v) is 2.30. The summed E-state index contributed by atoms with van der Waals surface area (Å²) in [6, 6.07) is 0. The Hall–Kier alpha value is -1.36. The van der Waals surface area contributed by atoms with Gasteiger partial charge in [0, 0.05) is 12.0 Å². The van der Waals surface area contributed by atoms with E-state index in [0.717, 1.165) is 19.4 Å². The Morgan fingerprint density at radius 2 is 2.00 bits per heavy atom. The predicted molar refractivity (Wildman–Crippen MR) is 65.1 cm³/mol. The Kier molecular flexibility index (Phi) is 3.78. The molecule has 0 saturated heterocycles. The minimum atomic E-state index is 0.0172. The van der Waals surface area contributed by atoms with Crippen LogP contribution >= 0.6 is 0 Å². The Labute approximate surface area is 101 Å². The van der Waals surface area contributed by atoms with Gasteiger partial charge in [0.1, 0.15) is 0 Å². The zero-order valence-corrected chi connectivity index (χ0v) is 10.1. The lowest BCUT2D eigenvalue weighted by Crippen LogP contribution is -2.31. The molecule has 0 spiro atoms. The first-order valence-electron chi connectivity index (χ1n) is 5.99. The molecule has 0 atom stereocenters. The largest absolute Gasteiger partial charge is 0.494 e. The molecule has 1 aliphatic carbocycles. The maximum atomic E-state index is 9.48. The van der Waals surface area contributed by atoms with Crippen molar-refractivity contribution in [1.29, 1.82) is 0 Å². The van der Waals surface area contributed by atoms with Crippen molar-refractivity contribution in [3.63, 3.8) is 0 Å². The molecular weight excluding hydrogens is 218 g/mol. The monoisotopic (exact) mass is 237 g/mol. The van der Waals surface area contributed by atoms with Crippen LogP contribution in [0.15, 0.2) is 12.4 Å². The van der Waals surface area contributed by atoms with E-state index in [9.17, 15) is 5.11 Å². The van der Waals surface area contributed by atoms with Gasteiger partial charge in [0.2, 0.25) is 5.95 Å². The van der Waals surface area contributed by atoms with Crippen LogP contribution in [-0.2, 0) is 0 Å². The van der Waals surface area contributed by atoms with Gasteiger partial charge >= 0.3 is 0 Å². The summed E-state index contributed by atoms with van der Waals surface area (Å²) in [4.78, 5) is 8.29. The van der Waals surface area contributed by atoms with Crippen molar-refractivity contribution in [1.82, 2.24) is 9.97 Å². The van der Waals surface area contributed by atoms with Gasteiger partial charge in [-0.3, -0.25) is 0 Å². The molecule has 0 aromatic carbocycles. The maximum Gasteiger partial charge on any atom is 0.222 e. The Balaban J connectivity index is 1.92. The van der Waals surface area contributed by atoms with Gasteiger partial charge in [0.15, 0.2) is 5.75 Å². The number of anilines is 1. The fourth-order valence-electron chi connectivity index (χ4n) is 2.30. The minimum Gasteiger partial charge on any atom is -0.494 e. The normalized spacial score (nSPS) is 18.0. The highest BCUT2D eigenvalue weighted by Crippen LogP contribution is 2.37. The third kappa shape index (κ3) is 2.85. The first-order valence-corrected chi connectivity index (χ1v) is 5.99. The number of hydrogen-bond donors (Lipinski definition) is 2. The second-order valence-corrected chi connectivity index (χ2v) is 4.67. The molecule has 5 heteroatoms. The zero-order valence-electron chi connectivity index (χ0n) is 10.1. The molecule has 1 saturated carbocycles. The van der Waals surface area contributed by atoms with Crippen molar-refractivity contribution in [2.24, 2.45) is 5.41 Å². The molecule has 0 bridgehead atoms. The van der Waals surface area contributed by atoms with Gasteiger partial charge in [-0.25, -0.2) is 9.97 Å². The average Bonchev–Trinajstić information content (AvgIpc) is 2.86. The summed E-state index contributed by atoms with van der Waals surface area (Å²) in [6.45, 7) is 0.964. The minimum absolute atomic E-state index is 0.0172. The van der Waals surface area contributed by atoms with Gasteiger partial charge in [-0.15, -0.1) is 0 Å². The van der Waals surface area contributed by atoms with E-state index >= 15 is 0 Å². The zero-order chi connectivity index (χ0) is 12.1. The van der Waals surface area contributed by atoms with Crippen LogP contribution in [0.5, 0.6) is 5.75 Å².